The van der Waals surface area contributed by atoms with Crippen LogP contribution >= 0.6 is 0 Å². The van der Waals surface area contributed by atoms with Crippen LogP contribution in [0.5, 0.6) is 0 Å². The number of hydrogen-bond acceptors (Lipinski definition) is 3. The molecule has 0 N–H and O–H groups in total. The lowest BCUT2D eigenvalue weighted by Crippen LogP contribution is -1.95. The fourth-order valence-electron chi connectivity index (χ4n) is 7.08. The summed E-state index contributed by atoms with van der Waals surface area (Å²) in [6.45, 7) is 0. The van der Waals surface area contributed by atoms with Crippen molar-refractivity contribution in [2.24, 2.45) is 0 Å². The molecular weight excluding hydrogens is 538 g/mol. The fourth-order valence-corrected chi connectivity index (χ4v) is 7.08. The summed E-state index contributed by atoms with van der Waals surface area (Å²) in [5.74, 6) is 0.730. The molecule has 0 spiro atoms. The van der Waals surface area contributed by atoms with Crippen molar-refractivity contribution in [2.75, 3.05) is 0 Å². The van der Waals surface area contributed by atoms with Crippen molar-refractivity contribution in [1.29, 1.82) is 0 Å². The van der Waals surface area contributed by atoms with Crippen molar-refractivity contribution in [3.8, 4) is 28.2 Å². The Morgan fingerprint density at radius 3 is 2.02 bits per heavy atom. The molecular formula is C40H23N3O. The minimum Gasteiger partial charge on any atom is -0.455 e. The quantitative estimate of drug-likeness (QED) is 0.202. The third-order valence-electron chi connectivity index (χ3n) is 9.03. The Kier molecular flexibility index (Phi) is 4.69. The van der Waals surface area contributed by atoms with Crippen molar-refractivity contribution >= 4 is 65.4 Å². The zero-order valence-electron chi connectivity index (χ0n) is 23.5. The Morgan fingerprint density at radius 1 is 0.500 bits per heavy atom. The molecule has 4 heteroatoms. The first-order chi connectivity index (χ1) is 21.8. The number of rotatable bonds is 3. The second kappa shape index (κ2) is 8.76. The smallest absolute Gasteiger partial charge is 0.159 e. The summed E-state index contributed by atoms with van der Waals surface area (Å²) < 4.78 is 8.87. The Labute approximate surface area is 251 Å². The third-order valence-corrected chi connectivity index (χ3v) is 9.03. The van der Waals surface area contributed by atoms with Crippen LogP contribution < -0.4 is 0 Å². The van der Waals surface area contributed by atoms with Crippen LogP contribution in [0.4, 0.5) is 0 Å². The molecule has 7 aromatic carbocycles. The van der Waals surface area contributed by atoms with E-state index in [4.69, 9.17) is 14.4 Å². The van der Waals surface area contributed by atoms with Crippen LogP contribution in [-0.4, -0.2) is 14.5 Å². The fraction of sp³-hybridized carbons (Fsp3) is 0. The maximum atomic E-state index is 6.61. The molecule has 0 saturated heterocycles. The van der Waals surface area contributed by atoms with Gasteiger partial charge in [0.05, 0.1) is 17.2 Å². The number of hydrogen-bond donors (Lipinski definition) is 0. The molecule has 0 aliphatic heterocycles. The largest absolute Gasteiger partial charge is 0.455 e. The van der Waals surface area contributed by atoms with Gasteiger partial charge in [-0.2, -0.15) is 0 Å². The van der Waals surface area contributed by atoms with E-state index in [2.05, 4.69) is 108 Å². The number of furan rings is 1. The highest BCUT2D eigenvalue weighted by atomic mass is 16.3. The lowest BCUT2D eigenvalue weighted by atomic mass is 9.92. The topological polar surface area (TPSA) is 43.9 Å². The van der Waals surface area contributed by atoms with E-state index in [1.54, 1.807) is 0 Å². The molecule has 0 radical (unpaired) electrons. The summed E-state index contributed by atoms with van der Waals surface area (Å²) in [5, 5.41) is 8.49. The molecule has 3 heterocycles. The molecule has 0 aliphatic carbocycles. The number of para-hydroxylation sites is 1. The van der Waals surface area contributed by atoms with Crippen molar-refractivity contribution in [2.45, 2.75) is 0 Å². The lowest BCUT2D eigenvalue weighted by Gasteiger charge is -2.11. The molecule has 0 saturated carbocycles. The van der Waals surface area contributed by atoms with Crippen molar-refractivity contribution < 1.29 is 4.42 Å². The third kappa shape index (κ3) is 3.17. The summed E-state index contributed by atoms with van der Waals surface area (Å²) in [6.07, 6.45) is 1.95. The first-order valence-electron chi connectivity index (χ1n) is 14.8. The molecule has 10 rings (SSSR count). The average molecular weight is 562 g/mol. The van der Waals surface area contributed by atoms with Crippen LogP contribution in [0.2, 0.25) is 0 Å². The van der Waals surface area contributed by atoms with E-state index >= 15 is 0 Å². The highest BCUT2D eigenvalue weighted by Gasteiger charge is 2.20. The highest BCUT2D eigenvalue weighted by Crippen LogP contribution is 2.45. The van der Waals surface area contributed by atoms with Gasteiger partial charge in [0, 0.05) is 33.0 Å². The van der Waals surface area contributed by atoms with Gasteiger partial charge in [0.2, 0.25) is 0 Å². The standard InChI is InChI=1S/C40H23N3O/c1-2-9-25(10-3-1)40-41-23-34-38(42-40)32-13-6-7-15-33(32)43(34)26-19-17-24(18-20-26)27-21-22-31-29-12-5-4-11-28(29)30-14-8-16-35-36(30)37(31)39(27)44-35/h1-23H. The molecule has 0 atom stereocenters. The van der Waals surface area contributed by atoms with E-state index in [1.807, 2.05) is 36.5 Å². The van der Waals surface area contributed by atoms with Crippen molar-refractivity contribution in [3.63, 3.8) is 0 Å². The van der Waals surface area contributed by atoms with Gasteiger partial charge in [0.15, 0.2) is 5.82 Å². The van der Waals surface area contributed by atoms with Crippen LogP contribution in [-0.2, 0) is 0 Å². The number of benzene rings is 7. The van der Waals surface area contributed by atoms with Gasteiger partial charge in [0.1, 0.15) is 16.7 Å². The van der Waals surface area contributed by atoms with Gasteiger partial charge >= 0.3 is 0 Å². The van der Waals surface area contributed by atoms with E-state index in [9.17, 15) is 0 Å². The molecule has 0 aliphatic rings. The van der Waals surface area contributed by atoms with Gasteiger partial charge in [-0.25, -0.2) is 9.97 Å². The maximum absolute atomic E-state index is 6.61. The molecule has 3 aromatic heterocycles. The zero-order chi connectivity index (χ0) is 28.8. The molecule has 44 heavy (non-hydrogen) atoms. The molecule has 0 bridgehead atoms. The van der Waals surface area contributed by atoms with E-state index in [0.717, 1.165) is 61.3 Å². The van der Waals surface area contributed by atoms with Crippen LogP contribution in [0.15, 0.2) is 144 Å². The van der Waals surface area contributed by atoms with Gasteiger partial charge < -0.3 is 8.98 Å². The normalized spacial score (nSPS) is 12.1. The monoisotopic (exact) mass is 561 g/mol. The van der Waals surface area contributed by atoms with Crippen LogP contribution in [0.1, 0.15) is 0 Å². The van der Waals surface area contributed by atoms with Crippen molar-refractivity contribution in [1.82, 2.24) is 14.5 Å². The van der Waals surface area contributed by atoms with Gasteiger partial charge in [-0.15, -0.1) is 0 Å². The minimum atomic E-state index is 0.730. The predicted octanol–water partition coefficient (Wildman–Crippen LogP) is 10.6. The Bertz CT molecular complexity index is 2700. The molecule has 204 valence electrons. The predicted molar refractivity (Wildman–Crippen MR) is 181 cm³/mol. The Balaban J connectivity index is 1.15. The summed E-state index contributed by atoms with van der Waals surface area (Å²) in [6, 6.07) is 46.8. The van der Waals surface area contributed by atoms with E-state index < -0.39 is 0 Å². The van der Waals surface area contributed by atoms with Crippen LogP contribution in [0.25, 0.3) is 93.6 Å². The minimum absolute atomic E-state index is 0.730. The number of nitrogens with zero attached hydrogens (tertiary/aromatic N) is 3. The maximum Gasteiger partial charge on any atom is 0.159 e. The van der Waals surface area contributed by atoms with Gasteiger partial charge in [-0.1, -0.05) is 103 Å². The van der Waals surface area contributed by atoms with Crippen LogP contribution in [0, 0.1) is 0 Å². The second-order valence-corrected chi connectivity index (χ2v) is 11.4. The van der Waals surface area contributed by atoms with Crippen molar-refractivity contribution in [3.05, 3.63) is 140 Å². The Morgan fingerprint density at radius 2 is 1.20 bits per heavy atom. The first-order valence-corrected chi connectivity index (χ1v) is 14.8. The summed E-state index contributed by atoms with van der Waals surface area (Å²) in [7, 11) is 0. The average Bonchev–Trinajstić information content (AvgIpc) is 3.65. The number of aromatic nitrogens is 3. The van der Waals surface area contributed by atoms with Crippen LogP contribution in [0.3, 0.4) is 0 Å². The van der Waals surface area contributed by atoms with Gasteiger partial charge in [-0.3, -0.25) is 0 Å². The van der Waals surface area contributed by atoms with Gasteiger partial charge in [0.25, 0.3) is 0 Å². The summed E-state index contributed by atoms with van der Waals surface area (Å²) in [5.41, 5.74) is 9.17. The molecule has 0 fully saturated rings. The first kappa shape index (κ1) is 23.6. The highest BCUT2D eigenvalue weighted by molar-refractivity contribution is 6.34. The molecule has 0 amide bonds. The zero-order valence-corrected chi connectivity index (χ0v) is 23.5. The molecule has 4 nitrogen and oxygen atoms in total. The second-order valence-electron chi connectivity index (χ2n) is 11.4. The summed E-state index contributed by atoms with van der Waals surface area (Å²) in [4.78, 5) is 9.80. The van der Waals surface area contributed by atoms with E-state index in [0.29, 0.717) is 0 Å². The molecule has 0 unspecified atom stereocenters. The summed E-state index contributed by atoms with van der Waals surface area (Å²) >= 11 is 0. The molecule has 10 aromatic rings. The lowest BCUT2D eigenvalue weighted by molar-refractivity contribution is 0.670. The van der Waals surface area contributed by atoms with E-state index in [1.165, 1.54) is 32.3 Å². The number of fused-ring (bicyclic) bond motifs is 6. The van der Waals surface area contributed by atoms with Gasteiger partial charge in [-0.05, 0) is 57.4 Å². The van der Waals surface area contributed by atoms with E-state index in [-0.39, 0.29) is 0 Å². The SMILES string of the molecule is c1ccc(-c2ncc3c(n2)c2ccccc2n3-c2ccc(-c3ccc4c5ccccc5c5cccc6oc3c4c65)cc2)cc1. The Hall–Kier alpha value is -6.00.